The molecule has 23 heavy (non-hydrogen) atoms. The smallest absolute Gasteiger partial charge is 0.262 e. The fourth-order valence-corrected chi connectivity index (χ4v) is 3.37. The van der Waals surface area contributed by atoms with Gasteiger partial charge in [0.2, 0.25) is 0 Å². The van der Waals surface area contributed by atoms with E-state index in [0.29, 0.717) is 23.6 Å². The van der Waals surface area contributed by atoms with E-state index in [2.05, 4.69) is 9.88 Å². The minimum absolute atomic E-state index is 0.197. The topological polar surface area (TPSA) is 72.2 Å². The lowest BCUT2D eigenvalue weighted by molar-refractivity contribution is 0.389. The number of hydrogen-bond donors (Lipinski definition) is 1. The van der Waals surface area contributed by atoms with Crippen molar-refractivity contribution >= 4 is 15.7 Å². The molecule has 0 saturated carbocycles. The van der Waals surface area contributed by atoms with Crippen molar-refractivity contribution in [2.24, 2.45) is 0 Å². The number of aryl methyl sites for hydroxylation is 1. The molecule has 3 aromatic rings. The summed E-state index contributed by atoms with van der Waals surface area (Å²) in [5.74, 6) is 0.503. The van der Waals surface area contributed by atoms with Gasteiger partial charge in [0.05, 0.1) is 4.90 Å². The Labute approximate surface area is 135 Å². The van der Waals surface area contributed by atoms with E-state index >= 15 is 0 Å². The van der Waals surface area contributed by atoms with Gasteiger partial charge in [-0.1, -0.05) is 60.6 Å². The maximum atomic E-state index is 12.6. The number of sulfonamides is 1. The highest BCUT2D eigenvalue weighted by Crippen LogP contribution is 2.32. The van der Waals surface area contributed by atoms with Gasteiger partial charge in [-0.25, -0.2) is 8.42 Å². The van der Waals surface area contributed by atoms with Gasteiger partial charge in [-0.3, -0.25) is 4.72 Å². The van der Waals surface area contributed by atoms with Crippen LogP contribution in [0.3, 0.4) is 0 Å². The molecule has 1 aromatic heterocycles. The number of rotatable bonds is 5. The van der Waals surface area contributed by atoms with E-state index in [1.165, 1.54) is 0 Å². The van der Waals surface area contributed by atoms with Crippen LogP contribution in [0.4, 0.5) is 5.69 Å². The second kappa shape index (κ2) is 6.26. The monoisotopic (exact) mass is 328 g/mol. The van der Waals surface area contributed by atoms with Crippen LogP contribution in [-0.2, 0) is 16.4 Å². The lowest BCUT2D eigenvalue weighted by Gasteiger charge is -2.09. The van der Waals surface area contributed by atoms with Crippen molar-refractivity contribution in [3.8, 4) is 11.3 Å². The summed E-state index contributed by atoms with van der Waals surface area (Å²) >= 11 is 0. The molecule has 5 nitrogen and oxygen atoms in total. The maximum absolute atomic E-state index is 12.6. The van der Waals surface area contributed by atoms with E-state index in [9.17, 15) is 8.42 Å². The second-order valence-corrected chi connectivity index (χ2v) is 6.65. The highest BCUT2D eigenvalue weighted by Gasteiger charge is 2.22. The molecular weight excluding hydrogens is 312 g/mol. The molecule has 0 atom stereocenters. The highest BCUT2D eigenvalue weighted by molar-refractivity contribution is 7.92. The Morgan fingerprint density at radius 3 is 2.22 bits per heavy atom. The average molecular weight is 328 g/mol. The lowest BCUT2D eigenvalue weighted by atomic mass is 10.1. The predicted octanol–water partition coefficient (Wildman–Crippen LogP) is 3.70. The summed E-state index contributed by atoms with van der Waals surface area (Å²) in [7, 11) is -3.70. The summed E-state index contributed by atoms with van der Waals surface area (Å²) < 4.78 is 33.1. The summed E-state index contributed by atoms with van der Waals surface area (Å²) in [5, 5.41) is 4.03. The lowest BCUT2D eigenvalue weighted by Crippen LogP contribution is -2.14. The minimum Gasteiger partial charge on any atom is -0.358 e. The van der Waals surface area contributed by atoms with Gasteiger partial charge in [0.25, 0.3) is 10.0 Å². The Hall–Kier alpha value is -2.60. The quantitative estimate of drug-likeness (QED) is 0.775. The van der Waals surface area contributed by atoms with E-state index < -0.39 is 10.0 Å². The van der Waals surface area contributed by atoms with Crippen molar-refractivity contribution in [3.63, 3.8) is 0 Å². The second-order valence-electron chi connectivity index (χ2n) is 4.97. The molecule has 6 heteroatoms. The van der Waals surface area contributed by atoms with Crippen molar-refractivity contribution in [1.82, 2.24) is 5.16 Å². The number of nitrogens with zero attached hydrogens (tertiary/aromatic N) is 1. The van der Waals surface area contributed by atoms with Crippen LogP contribution >= 0.6 is 0 Å². The zero-order valence-corrected chi connectivity index (χ0v) is 13.4. The van der Waals surface area contributed by atoms with Crippen molar-refractivity contribution in [3.05, 3.63) is 66.4 Å². The van der Waals surface area contributed by atoms with Gasteiger partial charge in [-0.15, -0.1) is 0 Å². The Balaban J connectivity index is 2.05. The van der Waals surface area contributed by atoms with Crippen LogP contribution in [0.2, 0.25) is 0 Å². The summed E-state index contributed by atoms with van der Waals surface area (Å²) in [6.45, 7) is 1.88. The van der Waals surface area contributed by atoms with Crippen LogP contribution in [-0.4, -0.2) is 13.6 Å². The third kappa shape index (κ3) is 3.12. The van der Waals surface area contributed by atoms with E-state index in [-0.39, 0.29) is 4.90 Å². The van der Waals surface area contributed by atoms with Crippen LogP contribution in [0.5, 0.6) is 0 Å². The molecule has 0 aliphatic heterocycles. The number of nitrogens with one attached hydrogen (secondary N) is 1. The minimum atomic E-state index is -3.70. The van der Waals surface area contributed by atoms with E-state index in [1.54, 1.807) is 30.3 Å². The van der Waals surface area contributed by atoms with Gasteiger partial charge in [0.15, 0.2) is 5.76 Å². The van der Waals surface area contributed by atoms with Gasteiger partial charge >= 0.3 is 0 Å². The Kier molecular flexibility index (Phi) is 4.16. The van der Waals surface area contributed by atoms with Crippen LogP contribution in [0.15, 0.2) is 70.1 Å². The van der Waals surface area contributed by atoms with Crippen LogP contribution in [0.1, 0.15) is 12.7 Å². The Morgan fingerprint density at radius 2 is 1.61 bits per heavy atom. The largest absolute Gasteiger partial charge is 0.358 e. The molecular formula is C17H16N2O3S. The normalized spacial score (nSPS) is 11.3. The van der Waals surface area contributed by atoms with Gasteiger partial charge < -0.3 is 4.52 Å². The fraction of sp³-hybridized carbons (Fsp3) is 0.118. The molecule has 118 valence electrons. The number of benzene rings is 2. The molecule has 0 spiro atoms. The Bertz CT molecular complexity index is 888. The molecule has 2 aromatic carbocycles. The van der Waals surface area contributed by atoms with E-state index in [4.69, 9.17) is 4.52 Å². The summed E-state index contributed by atoms with van der Waals surface area (Å²) in [6, 6.07) is 17.6. The molecule has 1 heterocycles. The maximum Gasteiger partial charge on any atom is 0.262 e. The third-order valence-electron chi connectivity index (χ3n) is 3.42. The summed E-state index contributed by atoms with van der Waals surface area (Å²) in [4.78, 5) is 0.197. The molecule has 0 bridgehead atoms. The summed E-state index contributed by atoms with van der Waals surface area (Å²) in [5.41, 5.74) is 1.67. The fourth-order valence-electron chi connectivity index (χ4n) is 2.26. The van der Waals surface area contributed by atoms with Gasteiger partial charge in [0.1, 0.15) is 11.4 Å². The first-order valence-electron chi connectivity index (χ1n) is 7.23. The number of hydrogen-bond acceptors (Lipinski definition) is 4. The SMILES string of the molecule is CCc1onc(-c2ccccc2)c1NS(=O)(=O)c1ccccc1. The molecule has 0 unspecified atom stereocenters. The molecule has 0 aliphatic rings. The molecule has 1 N–H and O–H groups in total. The van der Waals surface area contributed by atoms with Crippen molar-refractivity contribution in [1.29, 1.82) is 0 Å². The van der Waals surface area contributed by atoms with Gasteiger partial charge in [-0.05, 0) is 12.1 Å². The summed E-state index contributed by atoms with van der Waals surface area (Å²) in [6.07, 6.45) is 0.534. The van der Waals surface area contributed by atoms with Crippen molar-refractivity contribution < 1.29 is 12.9 Å². The Morgan fingerprint density at radius 1 is 1.00 bits per heavy atom. The number of aromatic nitrogens is 1. The van der Waals surface area contributed by atoms with Gasteiger partial charge in [-0.2, -0.15) is 0 Å². The highest BCUT2D eigenvalue weighted by atomic mass is 32.2. The van der Waals surface area contributed by atoms with E-state index in [1.807, 2.05) is 37.3 Å². The predicted molar refractivity (Wildman–Crippen MR) is 88.6 cm³/mol. The first kappa shape index (κ1) is 15.3. The first-order valence-corrected chi connectivity index (χ1v) is 8.72. The molecule has 0 fully saturated rings. The molecule has 0 radical (unpaired) electrons. The van der Waals surface area contributed by atoms with Gasteiger partial charge in [0, 0.05) is 12.0 Å². The van der Waals surface area contributed by atoms with E-state index in [0.717, 1.165) is 5.56 Å². The van der Waals surface area contributed by atoms with Crippen molar-refractivity contribution in [2.45, 2.75) is 18.2 Å². The molecule has 0 aliphatic carbocycles. The first-order chi connectivity index (χ1) is 11.1. The standard InChI is InChI=1S/C17H16N2O3S/c1-2-15-17(16(18-22-15)13-9-5-3-6-10-13)19-23(20,21)14-11-7-4-8-12-14/h3-12,19H,2H2,1H3. The average Bonchev–Trinajstić information content (AvgIpc) is 2.98. The number of anilines is 1. The van der Waals surface area contributed by atoms with Crippen molar-refractivity contribution in [2.75, 3.05) is 4.72 Å². The molecule has 0 saturated heterocycles. The third-order valence-corrected chi connectivity index (χ3v) is 4.79. The zero-order valence-electron chi connectivity index (χ0n) is 12.6. The molecule has 0 amide bonds. The van der Waals surface area contributed by atoms with Crippen LogP contribution in [0, 0.1) is 0 Å². The van der Waals surface area contributed by atoms with Crippen LogP contribution < -0.4 is 4.72 Å². The zero-order chi connectivity index (χ0) is 16.3. The molecule has 3 rings (SSSR count). The van der Waals surface area contributed by atoms with Crippen LogP contribution in [0.25, 0.3) is 11.3 Å².